The number of piperidine rings is 1. The Morgan fingerprint density at radius 2 is 1.90 bits per heavy atom. The van der Waals surface area contributed by atoms with Crippen molar-refractivity contribution in [1.82, 2.24) is 15.2 Å². The normalized spacial score (nSPS) is 18.2. The fraction of sp³-hybridized carbons (Fsp3) is 0.682. The Morgan fingerprint density at radius 1 is 1.20 bits per heavy atom. The third-order valence-electron chi connectivity index (χ3n) is 5.37. The van der Waals surface area contributed by atoms with Gasteiger partial charge in [-0.2, -0.15) is 0 Å². The second-order valence-electron chi connectivity index (χ2n) is 9.01. The minimum atomic E-state index is -0.484. The van der Waals surface area contributed by atoms with Gasteiger partial charge in [0.05, 0.1) is 13.2 Å². The highest BCUT2D eigenvalue weighted by Crippen LogP contribution is 2.22. The zero-order valence-electron chi connectivity index (χ0n) is 18.4. The molecular formula is C22H34N4O4. The molecule has 1 aromatic rings. The van der Waals surface area contributed by atoms with Crippen LogP contribution in [0.5, 0.6) is 0 Å². The lowest BCUT2D eigenvalue weighted by Crippen LogP contribution is -2.42. The summed E-state index contributed by atoms with van der Waals surface area (Å²) in [5, 5.41) is 3.03. The largest absolute Gasteiger partial charge is 0.444 e. The summed E-state index contributed by atoms with van der Waals surface area (Å²) in [6.45, 7) is 10.5. The Kier molecular flexibility index (Phi) is 7.53. The summed E-state index contributed by atoms with van der Waals surface area (Å²) >= 11 is 0. The quantitative estimate of drug-likeness (QED) is 0.791. The molecule has 2 fully saturated rings. The van der Waals surface area contributed by atoms with E-state index < -0.39 is 5.60 Å². The Hall–Kier alpha value is -2.35. The molecule has 0 radical (unpaired) electrons. The number of carbonyl (C=O) groups excluding carboxylic acids is 2. The van der Waals surface area contributed by atoms with Crippen LogP contribution in [0.25, 0.3) is 0 Å². The standard InChI is InChI=1S/C22H34N4O4/c1-22(2,3)30-21(28)26-8-5-17(6-9-26)15-20(27)24-16-18-4-7-23-19(14-18)25-10-12-29-13-11-25/h4,7,14,17H,5-6,8-13,15-16H2,1-3H3,(H,24,27). The number of carbonyl (C=O) groups is 2. The van der Waals surface area contributed by atoms with Gasteiger partial charge < -0.3 is 24.6 Å². The van der Waals surface area contributed by atoms with Crippen LogP contribution >= 0.6 is 0 Å². The molecule has 0 atom stereocenters. The highest BCUT2D eigenvalue weighted by Gasteiger charge is 2.27. The number of ether oxygens (including phenoxy) is 2. The van der Waals surface area contributed by atoms with E-state index in [9.17, 15) is 9.59 Å². The number of likely N-dealkylation sites (tertiary alicyclic amines) is 1. The Morgan fingerprint density at radius 3 is 2.57 bits per heavy atom. The molecule has 1 N–H and O–H groups in total. The summed E-state index contributed by atoms with van der Waals surface area (Å²) < 4.78 is 10.8. The van der Waals surface area contributed by atoms with Crippen molar-refractivity contribution in [3.05, 3.63) is 23.9 Å². The van der Waals surface area contributed by atoms with Crippen LogP contribution in [0.3, 0.4) is 0 Å². The van der Waals surface area contributed by atoms with E-state index in [-0.39, 0.29) is 12.0 Å². The molecule has 3 rings (SSSR count). The molecule has 0 bridgehead atoms. The molecule has 2 saturated heterocycles. The smallest absolute Gasteiger partial charge is 0.410 e. The highest BCUT2D eigenvalue weighted by atomic mass is 16.6. The minimum absolute atomic E-state index is 0.0513. The van der Waals surface area contributed by atoms with Crippen molar-refractivity contribution >= 4 is 17.8 Å². The van der Waals surface area contributed by atoms with Gasteiger partial charge in [-0.1, -0.05) is 0 Å². The summed E-state index contributed by atoms with van der Waals surface area (Å²) in [6.07, 6.45) is 3.66. The molecule has 8 heteroatoms. The number of nitrogens with zero attached hydrogens (tertiary/aromatic N) is 3. The van der Waals surface area contributed by atoms with Crippen molar-refractivity contribution < 1.29 is 19.1 Å². The summed E-state index contributed by atoms with van der Waals surface area (Å²) in [5.74, 6) is 1.28. The van der Waals surface area contributed by atoms with Crippen LogP contribution < -0.4 is 10.2 Å². The number of rotatable bonds is 5. The lowest BCUT2D eigenvalue weighted by atomic mass is 9.93. The minimum Gasteiger partial charge on any atom is -0.444 e. The van der Waals surface area contributed by atoms with E-state index in [0.717, 1.165) is 50.5 Å². The predicted molar refractivity (Wildman–Crippen MR) is 114 cm³/mol. The molecular weight excluding hydrogens is 384 g/mol. The number of pyridine rings is 1. The van der Waals surface area contributed by atoms with E-state index in [1.807, 2.05) is 32.9 Å². The van der Waals surface area contributed by atoms with E-state index in [4.69, 9.17) is 9.47 Å². The predicted octanol–water partition coefficient (Wildman–Crippen LogP) is 2.57. The van der Waals surface area contributed by atoms with Gasteiger partial charge in [-0.3, -0.25) is 4.79 Å². The third-order valence-corrected chi connectivity index (χ3v) is 5.37. The fourth-order valence-electron chi connectivity index (χ4n) is 3.72. The maximum atomic E-state index is 12.4. The van der Waals surface area contributed by atoms with Crippen LogP contribution in [0.1, 0.15) is 45.6 Å². The van der Waals surface area contributed by atoms with Gasteiger partial charge in [0, 0.05) is 45.3 Å². The van der Waals surface area contributed by atoms with Crippen LogP contribution in [0.4, 0.5) is 10.6 Å². The summed E-state index contributed by atoms with van der Waals surface area (Å²) in [7, 11) is 0. The van der Waals surface area contributed by atoms with Crippen LogP contribution in [-0.4, -0.2) is 66.9 Å². The van der Waals surface area contributed by atoms with E-state index in [1.165, 1.54) is 0 Å². The van der Waals surface area contributed by atoms with Gasteiger partial charge in [0.25, 0.3) is 0 Å². The lowest BCUT2D eigenvalue weighted by Gasteiger charge is -2.33. The highest BCUT2D eigenvalue weighted by molar-refractivity contribution is 5.76. The molecule has 1 aromatic heterocycles. The molecule has 2 amide bonds. The van der Waals surface area contributed by atoms with E-state index in [2.05, 4.69) is 15.2 Å². The number of aromatic nitrogens is 1. The molecule has 0 unspecified atom stereocenters. The van der Waals surface area contributed by atoms with Gasteiger partial charge in [-0.15, -0.1) is 0 Å². The first-order valence-electron chi connectivity index (χ1n) is 10.8. The summed E-state index contributed by atoms with van der Waals surface area (Å²) in [4.78, 5) is 33.0. The summed E-state index contributed by atoms with van der Waals surface area (Å²) in [6, 6.07) is 3.97. The monoisotopic (exact) mass is 418 g/mol. The maximum absolute atomic E-state index is 12.4. The average Bonchev–Trinajstić information content (AvgIpc) is 2.72. The zero-order valence-corrected chi connectivity index (χ0v) is 18.4. The van der Waals surface area contributed by atoms with Crippen LogP contribution in [0, 0.1) is 5.92 Å². The topological polar surface area (TPSA) is 84.0 Å². The van der Waals surface area contributed by atoms with E-state index >= 15 is 0 Å². The molecule has 166 valence electrons. The number of hydrogen-bond acceptors (Lipinski definition) is 6. The van der Waals surface area contributed by atoms with Gasteiger partial charge in [0.1, 0.15) is 11.4 Å². The third kappa shape index (κ3) is 6.86. The Balaban J connectivity index is 1.40. The number of morpholine rings is 1. The summed E-state index contributed by atoms with van der Waals surface area (Å²) in [5.41, 5.74) is 0.558. The first-order valence-corrected chi connectivity index (χ1v) is 10.8. The lowest BCUT2D eigenvalue weighted by molar-refractivity contribution is -0.122. The van der Waals surface area contributed by atoms with Crippen LogP contribution in [-0.2, 0) is 20.8 Å². The van der Waals surface area contributed by atoms with Crippen molar-refractivity contribution in [2.24, 2.45) is 5.92 Å². The van der Waals surface area contributed by atoms with Gasteiger partial charge in [-0.25, -0.2) is 9.78 Å². The SMILES string of the molecule is CC(C)(C)OC(=O)N1CCC(CC(=O)NCc2ccnc(N3CCOCC3)c2)CC1. The van der Waals surface area contributed by atoms with Gasteiger partial charge in [0.2, 0.25) is 5.91 Å². The van der Waals surface area contributed by atoms with Crippen LogP contribution in [0.15, 0.2) is 18.3 Å². The Bertz CT molecular complexity index is 720. The maximum Gasteiger partial charge on any atom is 0.410 e. The molecule has 0 spiro atoms. The van der Waals surface area contributed by atoms with E-state index in [1.54, 1.807) is 11.1 Å². The molecule has 2 aliphatic rings. The molecule has 2 aliphatic heterocycles. The second kappa shape index (κ2) is 10.1. The van der Waals surface area contributed by atoms with Crippen molar-refractivity contribution in [2.75, 3.05) is 44.3 Å². The number of hydrogen-bond donors (Lipinski definition) is 1. The molecule has 0 aliphatic carbocycles. The number of nitrogens with one attached hydrogen (secondary N) is 1. The molecule has 30 heavy (non-hydrogen) atoms. The molecule has 8 nitrogen and oxygen atoms in total. The first kappa shape index (κ1) is 22.3. The number of anilines is 1. The zero-order chi connectivity index (χ0) is 21.6. The van der Waals surface area contributed by atoms with Gasteiger partial charge in [-0.05, 0) is 57.2 Å². The van der Waals surface area contributed by atoms with Crippen LogP contribution in [0.2, 0.25) is 0 Å². The van der Waals surface area contributed by atoms with Crippen molar-refractivity contribution in [3.63, 3.8) is 0 Å². The van der Waals surface area contributed by atoms with E-state index in [0.29, 0.717) is 32.0 Å². The van der Waals surface area contributed by atoms with Gasteiger partial charge >= 0.3 is 6.09 Å². The second-order valence-corrected chi connectivity index (χ2v) is 9.01. The average molecular weight is 419 g/mol. The van der Waals surface area contributed by atoms with Crippen molar-refractivity contribution in [3.8, 4) is 0 Å². The molecule has 3 heterocycles. The number of amides is 2. The first-order chi connectivity index (χ1) is 14.3. The Labute approximate surface area is 178 Å². The molecule has 0 saturated carbocycles. The van der Waals surface area contributed by atoms with Crippen molar-refractivity contribution in [1.29, 1.82) is 0 Å². The molecule has 0 aromatic carbocycles. The van der Waals surface area contributed by atoms with Gasteiger partial charge in [0.15, 0.2) is 0 Å². The van der Waals surface area contributed by atoms with Crippen molar-refractivity contribution in [2.45, 2.75) is 52.2 Å². The fourth-order valence-corrected chi connectivity index (χ4v) is 3.72.